The minimum absolute atomic E-state index is 0.00141. The Morgan fingerprint density at radius 1 is 1.16 bits per heavy atom. The van der Waals surface area contributed by atoms with Crippen molar-refractivity contribution < 1.29 is 15.0 Å². The summed E-state index contributed by atoms with van der Waals surface area (Å²) in [5.74, 6) is 1.19. The summed E-state index contributed by atoms with van der Waals surface area (Å²) < 4.78 is 0. The molecule has 3 fully saturated rings. The van der Waals surface area contributed by atoms with Crippen LogP contribution >= 0.6 is 0 Å². The number of amides is 1. The highest BCUT2D eigenvalue weighted by Crippen LogP contribution is 2.51. The minimum atomic E-state index is -0.482. The summed E-state index contributed by atoms with van der Waals surface area (Å²) in [7, 11) is 1.87. The molecule has 2 aromatic rings. The van der Waals surface area contributed by atoms with Gasteiger partial charge in [0.2, 0.25) is 0 Å². The molecule has 5 nitrogen and oxygen atoms in total. The molecular weight excluding hydrogens is 400 g/mol. The summed E-state index contributed by atoms with van der Waals surface area (Å²) in [6.07, 6.45) is 4.52. The third-order valence-corrected chi connectivity index (χ3v) is 8.14. The molecule has 2 saturated carbocycles. The Hall–Kier alpha value is -2.37. The van der Waals surface area contributed by atoms with Gasteiger partial charge in [0.05, 0.1) is 6.10 Å². The normalized spacial score (nSPS) is 30.5. The molecule has 0 bridgehead atoms. The Balaban J connectivity index is 1.45. The monoisotopic (exact) mass is 434 g/mol. The van der Waals surface area contributed by atoms with Gasteiger partial charge in [-0.05, 0) is 74.4 Å². The lowest BCUT2D eigenvalue weighted by Gasteiger charge is -2.56. The number of rotatable bonds is 5. The van der Waals surface area contributed by atoms with E-state index in [1.807, 2.05) is 54.4 Å². The van der Waals surface area contributed by atoms with Crippen LogP contribution in [0.25, 0.3) is 0 Å². The van der Waals surface area contributed by atoms with E-state index < -0.39 is 6.10 Å². The molecule has 32 heavy (non-hydrogen) atoms. The number of hydrogen-bond acceptors (Lipinski definition) is 4. The van der Waals surface area contributed by atoms with E-state index in [0.717, 1.165) is 44.0 Å². The van der Waals surface area contributed by atoms with Crippen LogP contribution in [0.3, 0.4) is 0 Å². The second kappa shape index (κ2) is 8.53. The molecule has 1 heterocycles. The predicted octanol–water partition coefficient (Wildman–Crippen LogP) is 3.66. The minimum Gasteiger partial charge on any atom is -0.508 e. The van der Waals surface area contributed by atoms with E-state index in [1.165, 1.54) is 12.8 Å². The number of carbonyl (C=O) groups excluding carboxylic acids is 1. The van der Waals surface area contributed by atoms with Crippen molar-refractivity contribution in [3.05, 3.63) is 65.7 Å². The van der Waals surface area contributed by atoms with Crippen LogP contribution in [-0.2, 0) is 5.41 Å². The quantitative estimate of drug-likeness (QED) is 0.754. The molecule has 3 aliphatic rings. The third-order valence-electron chi connectivity index (χ3n) is 8.14. The SMILES string of the molecule is CN(C(=O)c1ccccc1)[C@@H]1CC(O)C2CN(CC3CC3)CCC2(c2cccc(O)c2)C1. The number of phenolic OH excluding ortho intramolecular Hbond substituents is 1. The molecule has 5 rings (SSSR count). The number of phenols is 1. The first-order chi connectivity index (χ1) is 15.5. The van der Waals surface area contributed by atoms with Crippen molar-refractivity contribution in [2.24, 2.45) is 11.8 Å². The second-order valence-electron chi connectivity index (χ2n) is 10.2. The summed E-state index contributed by atoms with van der Waals surface area (Å²) in [4.78, 5) is 17.5. The first kappa shape index (κ1) is 21.5. The first-order valence-electron chi connectivity index (χ1n) is 12.0. The fraction of sp³-hybridized carbons (Fsp3) is 0.519. The Morgan fingerprint density at radius 2 is 1.94 bits per heavy atom. The summed E-state index contributed by atoms with van der Waals surface area (Å²) in [5.41, 5.74) is 1.53. The number of carbonyl (C=O) groups is 1. The molecule has 2 aliphatic carbocycles. The van der Waals surface area contributed by atoms with Crippen LogP contribution in [-0.4, -0.2) is 64.7 Å². The highest BCUT2D eigenvalue weighted by Gasteiger charge is 2.53. The van der Waals surface area contributed by atoms with Gasteiger partial charge in [-0.25, -0.2) is 0 Å². The molecule has 1 aliphatic heterocycles. The molecule has 0 radical (unpaired) electrons. The van der Waals surface area contributed by atoms with Gasteiger partial charge in [-0.3, -0.25) is 4.79 Å². The van der Waals surface area contributed by atoms with E-state index in [9.17, 15) is 15.0 Å². The summed E-state index contributed by atoms with van der Waals surface area (Å²) in [6, 6.07) is 16.9. The first-order valence-corrected chi connectivity index (χ1v) is 12.0. The highest BCUT2D eigenvalue weighted by molar-refractivity contribution is 5.94. The fourth-order valence-electron chi connectivity index (χ4n) is 6.15. The zero-order valence-electron chi connectivity index (χ0n) is 18.9. The van der Waals surface area contributed by atoms with Crippen molar-refractivity contribution in [2.75, 3.05) is 26.7 Å². The number of aliphatic hydroxyl groups is 1. The van der Waals surface area contributed by atoms with Crippen molar-refractivity contribution in [1.29, 1.82) is 0 Å². The number of benzene rings is 2. The Kier molecular flexibility index (Phi) is 5.72. The Bertz CT molecular complexity index is 960. The molecule has 1 saturated heterocycles. The molecule has 1 amide bonds. The van der Waals surface area contributed by atoms with Crippen molar-refractivity contribution in [3.8, 4) is 5.75 Å². The maximum Gasteiger partial charge on any atom is 0.253 e. The van der Waals surface area contributed by atoms with Crippen molar-refractivity contribution >= 4 is 5.91 Å². The summed E-state index contributed by atoms with van der Waals surface area (Å²) in [6.45, 7) is 3.02. The van der Waals surface area contributed by atoms with Crippen molar-refractivity contribution in [3.63, 3.8) is 0 Å². The van der Waals surface area contributed by atoms with Gasteiger partial charge in [-0.15, -0.1) is 0 Å². The summed E-state index contributed by atoms with van der Waals surface area (Å²) >= 11 is 0. The van der Waals surface area contributed by atoms with E-state index in [1.54, 1.807) is 6.07 Å². The lowest BCUT2D eigenvalue weighted by molar-refractivity contribution is -0.0618. The van der Waals surface area contributed by atoms with Crippen LogP contribution in [0.1, 0.15) is 48.0 Å². The van der Waals surface area contributed by atoms with Crippen LogP contribution in [0.2, 0.25) is 0 Å². The molecule has 170 valence electrons. The largest absolute Gasteiger partial charge is 0.508 e. The van der Waals surface area contributed by atoms with Gasteiger partial charge in [0, 0.05) is 43.1 Å². The number of piperidine rings is 1. The topological polar surface area (TPSA) is 64.0 Å². The predicted molar refractivity (Wildman–Crippen MR) is 125 cm³/mol. The standard InChI is InChI=1S/C27H34N2O3/c1-28(26(32)20-6-3-2-4-7-20)22-15-25(31)24-18-29(17-19-10-11-19)13-12-27(24,16-22)21-8-5-9-23(30)14-21/h2-9,14,19,22,24-25,30-31H,10-13,15-18H2,1H3/t22-,24?,25?,27?/m1/s1. The van der Waals surface area contributed by atoms with Crippen LogP contribution in [0.4, 0.5) is 0 Å². The van der Waals surface area contributed by atoms with Crippen molar-refractivity contribution in [2.45, 2.75) is 49.7 Å². The average Bonchev–Trinajstić information content (AvgIpc) is 3.63. The van der Waals surface area contributed by atoms with Gasteiger partial charge in [0.1, 0.15) is 5.75 Å². The Labute approximate surface area is 190 Å². The molecule has 2 N–H and O–H groups in total. The van der Waals surface area contributed by atoms with Crippen LogP contribution in [0.15, 0.2) is 54.6 Å². The van der Waals surface area contributed by atoms with Crippen LogP contribution in [0, 0.1) is 11.8 Å². The van der Waals surface area contributed by atoms with E-state index >= 15 is 0 Å². The van der Waals surface area contributed by atoms with Crippen molar-refractivity contribution in [1.82, 2.24) is 9.80 Å². The van der Waals surface area contributed by atoms with E-state index in [-0.39, 0.29) is 29.0 Å². The zero-order chi connectivity index (χ0) is 22.3. The maximum atomic E-state index is 13.2. The van der Waals surface area contributed by atoms with E-state index in [2.05, 4.69) is 11.0 Å². The number of fused-ring (bicyclic) bond motifs is 1. The number of hydrogen-bond donors (Lipinski definition) is 2. The van der Waals surface area contributed by atoms with Gasteiger partial charge in [-0.2, -0.15) is 0 Å². The lowest BCUT2D eigenvalue weighted by atomic mass is 9.56. The molecule has 4 atom stereocenters. The fourth-order valence-corrected chi connectivity index (χ4v) is 6.15. The van der Waals surface area contributed by atoms with Crippen LogP contribution < -0.4 is 0 Å². The molecule has 2 aromatic carbocycles. The highest BCUT2D eigenvalue weighted by atomic mass is 16.3. The van der Waals surface area contributed by atoms with E-state index in [4.69, 9.17) is 0 Å². The van der Waals surface area contributed by atoms with Gasteiger partial charge in [0.25, 0.3) is 5.91 Å². The Morgan fingerprint density at radius 3 is 2.66 bits per heavy atom. The summed E-state index contributed by atoms with van der Waals surface area (Å²) in [5, 5.41) is 21.7. The molecule has 3 unspecified atom stereocenters. The molecule has 0 aromatic heterocycles. The molecular formula is C27H34N2O3. The maximum absolute atomic E-state index is 13.2. The average molecular weight is 435 g/mol. The van der Waals surface area contributed by atoms with Gasteiger partial charge in [-0.1, -0.05) is 30.3 Å². The van der Waals surface area contributed by atoms with E-state index in [0.29, 0.717) is 12.0 Å². The second-order valence-corrected chi connectivity index (χ2v) is 10.2. The lowest BCUT2D eigenvalue weighted by Crippen LogP contribution is -2.61. The van der Waals surface area contributed by atoms with Gasteiger partial charge in [0.15, 0.2) is 0 Å². The smallest absolute Gasteiger partial charge is 0.253 e. The van der Waals surface area contributed by atoms with Crippen LogP contribution in [0.5, 0.6) is 5.75 Å². The van der Waals surface area contributed by atoms with Gasteiger partial charge >= 0.3 is 0 Å². The number of aliphatic hydroxyl groups excluding tert-OH is 1. The third kappa shape index (κ3) is 4.04. The van der Waals surface area contributed by atoms with Gasteiger partial charge < -0.3 is 20.0 Å². The molecule has 5 heteroatoms. The zero-order valence-corrected chi connectivity index (χ0v) is 18.9. The number of nitrogens with zero attached hydrogens (tertiary/aromatic N) is 2. The molecule has 0 spiro atoms. The number of aromatic hydroxyl groups is 1. The number of likely N-dealkylation sites (tertiary alicyclic amines) is 1.